The van der Waals surface area contributed by atoms with E-state index >= 15 is 0 Å². The van der Waals surface area contributed by atoms with Crippen LogP contribution in [0.25, 0.3) is 0 Å². The summed E-state index contributed by atoms with van der Waals surface area (Å²) in [4.78, 5) is 7.82. The van der Waals surface area contributed by atoms with Crippen molar-refractivity contribution in [2.24, 2.45) is 0 Å². The van der Waals surface area contributed by atoms with Crippen LogP contribution in [-0.4, -0.2) is 39.5 Å². The summed E-state index contributed by atoms with van der Waals surface area (Å²) in [6.07, 6.45) is 4.17. The van der Waals surface area contributed by atoms with Gasteiger partial charge in [0.05, 0.1) is 31.7 Å². The molecule has 0 aromatic carbocycles. The van der Waals surface area contributed by atoms with Gasteiger partial charge in [0.1, 0.15) is 6.10 Å². The summed E-state index contributed by atoms with van der Waals surface area (Å²) in [6, 6.07) is 0. The maximum Gasteiger partial charge on any atom is 0.104 e. The molecule has 0 aliphatic carbocycles. The van der Waals surface area contributed by atoms with E-state index in [1.165, 1.54) is 0 Å². The van der Waals surface area contributed by atoms with E-state index in [0.717, 1.165) is 0 Å². The summed E-state index contributed by atoms with van der Waals surface area (Å²) >= 11 is 0. The molecule has 0 fully saturated rings. The molecule has 0 atom stereocenters. The highest BCUT2D eigenvalue weighted by Gasteiger charge is 2.05. The van der Waals surface area contributed by atoms with Crippen LogP contribution in [0.3, 0.4) is 0 Å². The topological polar surface area (TPSA) is 75.5 Å². The second kappa shape index (κ2) is 5.58. The molecule has 0 amide bonds. The zero-order chi connectivity index (χ0) is 9.52. The lowest BCUT2D eigenvalue weighted by Crippen LogP contribution is -2.21. The number of hydrogen-bond acceptors (Lipinski definition) is 5. The zero-order valence-electron chi connectivity index (χ0n) is 7.13. The van der Waals surface area contributed by atoms with Crippen molar-refractivity contribution in [1.29, 1.82) is 0 Å². The molecule has 1 aromatic heterocycles. The van der Waals surface area contributed by atoms with Crippen molar-refractivity contribution in [2.75, 3.05) is 13.2 Å². The average molecular weight is 184 g/mol. The van der Waals surface area contributed by atoms with Gasteiger partial charge in [0, 0.05) is 12.4 Å². The van der Waals surface area contributed by atoms with Crippen LogP contribution in [0.5, 0.6) is 0 Å². The van der Waals surface area contributed by atoms with Gasteiger partial charge < -0.3 is 14.9 Å². The molecule has 72 valence electrons. The van der Waals surface area contributed by atoms with E-state index in [0.29, 0.717) is 5.69 Å². The molecule has 1 heterocycles. The smallest absolute Gasteiger partial charge is 0.104 e. The summed E-state index contributed by atoms with van der Waals surface area (Å²) in [6.45, 7) is -0.146. The molecule has 0 saturated heterocycles. The molecule has 13 heavy (non-hydrogen) atoms. The van der Waals surface area contributed by atoms with Gasteiger partial charge in [-0.25, -0.2) is 0 Å². The minimum absolute atomic E-state index is 0.198. The molecule has 2 N–H and O–H groups in total. The van der Waals surface area contributed by atoms with Crippen LogP contribution in [0.1, 0.15) is 5.69 Å². The lowest BCUT2D eigenvalue weighted by Gasteiger charge is -2.11. The van der Waals surface area contributed by atoms with Gasteiger partial charge in [-0.15, -0.1) is 0 Å². The van der Waals surface area contributed by atoms with Crippen LogP contribution in [0, 0.1) is 0 Å². The fourth-order valence-electron chi connectivity index (χ4n) is 0.771. The molecule has 1 aromatic rings. The first kappa shape index (κ1) is 10.0. The maximum atomic E-state index is 8.68. The monoisotopic (exact) mass is 184 g/mol. The lowest BCUT2D eigenvalue weighted by atomic mass is 10.4. The van der Waals surface area contributed by atoms with Gasteiger partial charge in [-0.05, 0) is 0 Å². The average Bonchev–Trinajstić information content (AvgIpc) is 2.21. The lowest BCUT2D eigenvalue weighted by molar-refractivity contribution is -0.0296. The minimum atomic E-state index is -0.540. The van der Waals surface area contributed by atoms with Crippen molar-refractivity contribution in [2.45, 2.75) is 12.7 Å². The first-order valence-corrected chi connectivity index (χ1v) is 3.95. The Balaban J connectivity index is 2.34. The molecule has 5 heteroatoms. The summed E-state index contributed by atoms with van der Waals surface area (Å²) in [5, 5.41) is 17.4. The number of hydrogen-bond donors (Lipinski definition) is 2. The van der Waals surface area contributed by atoms with Crippen molar-refractivity contribution >= 4 is 0 Å². The van der Waals surface area contributed by atoms with Gasteiger partial charge in [-0.1, -0.05) is 0 Å². The number of aromatic nitrogens is 2. The summed E-state index contributed by atoms with van der Waals surface area (Å²) in [7, 11) is 0. The van der Waals surface area contributed by atoms with Crippen molar-refractivity contribution in [1.82, 2.24) is 9.97 Å². The molecule has 1 rings (SSSR count). The second-order valence-electron chi connectivity index (χ2n) is 2.49. The summed E-state index contributed by atoms with van der Waals surface area (Å²) in [5.74, 6) is 0. The van der Waals surface area contributed by atoms with Gasteiger partial charge >= 0.3 is 0 Å². The molecule has 5 nitrogen and oxygen atoms in total. The van der Waals surface area contributed by atoms with Crippen molar-refractivity contribution in [3.05, 3.63) is 24.3 Å². The van der Waals surface area contributed by atoms with Crippen LogP contribution in [0.2, 0.25) is 0 Å². The first-order valence-electron chi connectivity index (χ1n) is 3.95. The van der Waals surface area contributed by atoms with Crippen LogP contribution >= 0.6 is 0 Å². The molecule has 0 unspecified atom stereocenters. The third kappa shape index (κ3) is 3.45. The SMILES string of the molecule is OCC(CO)OCc1cnccn1. The fraction of sp³-hybridized carbons (Fsp3) is 0.500. The van der Waals surface area contributed by atoms with Crippen molar-refractivity contribution in [3.8, 4) is 0 Å². The Kier molecular flexibility index (Phi) is 4.31. The zero-order valence-corrected chi connectivity index (χ0v) is 7.13. The Morgan fingerprint density at radius 1 is 1.31 bits per heavy atom. The molecular weight excluding hydrogens is 172 g/mol. The molecule has 0 radical (unpaired) electrons. The Morgan fingerprint density at radius 3 is 2.62 bits per heavy atom. The van der Waals surface area contributed by atoms with Gasteiger partial charge in [-0.3, -0.25) is 9.97 Å². The number of ether oxygens (including phenoxy) is 1. The number of aliphatic hydroxyl groups excluding tert-OH is 2. The molecule has 0 saturated carbocycles. The minimum Gasteiger partial charge on any atom is -0.394 e. The number of aliphatic hydroxyl groups is 2. The van der Waals surface area contributed by atoms with E-state index in [1.54, 1.807) is 18.6 Å². The number of nitrogens with zero attached hydrogens (tertiary/aromatic N) is 2. The molecular formula is C8H12N2O3. The van der Waals surface area contributed by atoms with E-state index in [9.17, 15) is 0 Å². The molecule has 0 bridgehead atoms. The quantitative estimate of drug-likeness (QED) is 0.635. The van der Waals surface area contributed by atoms with E-state index in [2.05, 4.69) is 9.97 Å². The molecule has 0 aliphatic rings. The highest BCUT2D eigenvalue weighted by Crippen LogP contribution is 1.97. The predicted molar refractivity (Wildman–Crippen MR) is 44.8 cm³/mol. The second-order valence-corrected chi connectivity index (χ2v) is 2.49. The third-order valence-electron chi connectivity index (χ3n) is 1.49. The first-order chi connectivity index (χ1) is 6.36. The fourth-order valence-corrected chi connectivity index (χ4v) is 0.771. The van der Waals surface area contributed by atoms with Gasteiger partial charge in [-0.2, -0.15) is 0 Å². The third-order valence-corrected chi connectivity index (χ3v) is 1.49. The Labute approximate surface area is 76.0 Å². The van der Waals surface area contributed by atoms with E-state index in [4.69, 9.17) is 14.9 Å². The van der Waals surface area contributed by atoms with Gasteiger partial charge in [0.15, 0.2) is 0 Å². The largest absolute Gasteiger partial charge is 0.394 e. The van der Waals surface area contributed by atoms with Crippen molar-refractivity contribution in [3.63, 3.8) is 0 Å². The van der Waals surface area contributed by atoms with Crippen LogP contribution < -0.4 is 0 Å². The van der Waals surface area contributed by atoms with Crippen LogP contribution in [0.15, 0.2) is 18.6 Å². The Bertz CT molecular complexity index is 226. The molecule has 0 spiro atoms. The summed E-state index contributed by atoms with van der Waals surface area (Å²) < 4.78 is 5.12. The predicted octanol–water partition coefficient (Wildman–Crippen LogP) is -0.654. The van der Waals surface area contributed by atoms with Crippen LogP contribution in [-0.2, 0) is 11.3 Å². The van der Waals surface area contributed by atoms with Crippen LogP contribution in [0.4, 0.5) is 0 Å². The highest BCUT2D eigenvalue weighted by atomic mass is 16.5. The standard InChI is InChI=1S/C8H12N2O3/c11-4-8(5-12)13-6-7-3-9-1-2-10-7/h1-3,8,11-12H,4-6H2. The van der Waals surface area contributed by atoms with E-state index in [-0.39, 0.29) is 19.8 Å². The van der Waals surface area contributed by atoms with E-state index < -0.39 is 6.10 Å². The van der Waals surface area contributed by atoms with E-state index in [1.807, 2.05) is 0 Å². The Morgan fingerprint density at radius 2 is 2.08 bits per heavy atom. The highest BCUT2D eigenvalue weighted by molar-refractivity contribution is 4.92. The Hall–Kier alpha value is -1.04. The van der Waals surface area contributed by atoms with Gasteiger partial charge in [0.2, 0.25) is 0 Å². The molecule has 0 aliphatic heterocycles. The normalized spacial score (nSPS) is 10.7. The maximum absolute atomic E-state index is 8.68. The number of rotatable bonds is 5. The summed E-state index contributed by atoms with van der Waals surface area (Å²) in [5.41, 5.74) is 0.675. The van der Waals surface area contributed by atoms with Gasteiger partial charge in [0.25, 0.3) is 0 Å². The van der Waals surface area contributed by atoms with Crippen molar-refractivity contribution < 1.29 is 14.9 Å².